The molecule has 3 heterocycles. The number of methoxy groups -OCH3 is 1. The maximum Gasteiger partial charge on any atom is 0.250 e. The first-order valence-electron chi connectivity index (χ1n) is 11.4. The van der Waals surface area contributed by atoms with Crippen LogP contribution >= 0.6 is 12.2 Å². The minimum absolute atomic E-state index is 0.0210. The Kier molecular flexibility index (Phi) is 6.75. The Labute approximate surface area is 213 Å². The molecule has 0 aliphatic carbocycles. The van der Waals surface area contributed by atoms with Crippen molar-refractivity contribution in [1.29, 1.82) is 0 Å². The lowest BCUT2D eigenvalue weighted by molar-refractivity contribution is -0.119. The third-order valence-electron chi connectivity index (χ3n) is 5.97. The zero-order chi connectivity index (χ0) is 25.1. The molecule has 2 N–H and O–H groups in total. The smallest absolute Gasteiger partial charge is 0.250 e. The fourth-order valence-electron chi connectivity index (χ4n) is 4.46. The molecule has 4 aromatic rings. The lowest BCUT2D eigenvalue weighted by Gasteiger charge is -2.29. The predicted octanol–water partition coefficient (Wildman–Crippen LogP) is 4.77. The molecule has 1 aliphatic rings. The van der Waals surface area contributed by atoms with E-state index in [1.54, 1.807) is 12.3 Å². The summed E-state index contributed by atoms with van der Waals surface area (Å²) in [7, 11) is 1.47. The molecule has 1 saturated heterocycles. The number of aromatic nitrogens is 2. The number of pyridine rings is 1. The number of thiocarbonyl (C=S) groups is 1. The topological polar surface area (TPSA) is 71.4 Å². The summed E-state index contributed by atoms with van der Waals surface area (Å²) in [5.41, 5.74) is 3.96. The van der Waals surface area contributed by atoms with E-state index in [0.717, 1.165) is 17.1 Å². The van der Waals surface area contributed by atoms with Crippen LogP contribution in [0.3, 0.4) is 0 Å². The average Bonchev–Trinajstić information content (AvgIpc) is 3.49. The molecule has 0 spiro atoms. The summed E-state index contributed by atoms with van der Waals surface area (Å²) in [6.45, 7) is -0.0210. The number of carbonyl (C=O) groups excluding carboxylic acids is 1. The number of carbonyl (C=O) groups is 1. The zero-order valence-electron chi connectivity index (χ0n) is 19.5. The number of hydrogen-bond donors (Lipinski definition) is 2. The summed E-state index contributed by atoms with van der Waals surface area (Å²) in [6.07, 6.45) is 3.66. The van der Waals surface area contributed by atoms with Crippen LogP contribution in [0, 0.1) is 5.82 Å². The molecule has 2 aromatic heterocycles. The lowest BCUT2D eigenvalue weighted by atomic mass is 10.0. The number of nitrogens with one attached hydrogen (secondary N) is 2. The summed E-state index contributed by atoms with van der Waals surface area (Å²) in [6, 6.07) is 23.1. The molecule has 0 saturated carbocycles. The first-order chi connectivity index (χ1) is 17.5. The van der Waals surface area contributed by atoms with Gasteiger partial charge in [-0.2, -0.15) is 0 Å². The van der Waals surface area contributed by atoms with Crippen LogP contribution < -0.4 is 15.5 Å². The largest absolute Gasteiger partial charge is 0.375 e. The number of benzene rings is 2. The van der Waals surface area contributed by atoms with E-state index >= 15 is 0 Å². The van der Waals surface area contributed by atoms with Gasteiger partial charge in [-0.25, -0.2) is 4.39 Å². The lowest BCUT2D eigenvalue weighted by Crippen LogP contribution is -2.30. The highest BCUT2D eigenvalue weighted by atomic mass is 32.1. The van der Waals surface area contributed by atoms with Crippen LogP contribution in [0.5, 0.6) is 0 Å². The Bertz CT molecular complexity index is 1380. The SMILES string of the molecule is COCC(=O)Nc1ccc(N2C(=S)N[C@H](c3ccccn3)[C@H]2c2cccn2-c2cccc(F)c2)cc1. The first kappa shape index (κ1) is 23.7. The van der Waals surface area contributed by atoms with Crippen molar-refractivity contribution in [2.24, 2.45) is 0 Å². The molecule has 7 nitrogen and oxygen atoms in total. The van der Waals surface area contributed by atoms with Gasteiger partial charge in [-0.1, -0.05) is 12.1 Å². The molecule has 1 amide bonds. The molecule has 36 heavy (non-hydrogen) atoms. The van der Waals surface area contributed by atoms with Gasteiger partial charge < -0.3 is 24.8 Å². The van der Waals surface area contributed by atoms with E-state index in [9.17, 15) is 9.18 Å². The van der Waals surface area contributed by atoms with Crippen molar-refractivity contribution in [3.63, 3.8) is 0 Å². The summed E-state index contributed by atoms with van der Waals surface area (Å²) >= 11 is 5.80. The maximum absolute atomic E-state index is 14.1. The normalized spacial score (nSPS) is 17.2. The van der Waals surface area contributed by atoms with Crippen LogP contribution in [-0.2, 0) is 9.53 Å². The standard InChI is InChI=1S/C27H24FN5O2S/c1-35-17-24(34)30-19-10-12-20(13-11-19)33-26(25(31-27(33)36)22-8-2-3-14-29-22)23-9-5-15-32(23)21-7-4-6-18(28)16-21/h2-16,25-26H,17H2,1H3,(H,30,34)(H,31,36)/t25-,26-/m1/s1. The van der Waals surface area contributed by atoms with E-state index in [-0.39, 0.29) is 30.4 Å². The Hall–Kier alpha value is -4.08. The van der Waals surface area contributed by atoms with Crippen LogP contribution in [0.15, 0.2) is 91.3 Å². The van der Waals surface area contributed by atoms with E-state index in [0.29, 0.717) is 16.5 Å². The van der Waals surface area contributed by atoms with Crippen LogP contribution in [0.4, 0.5) is 15.8 Å². The van der Waals surface area contributed by atoms with Gasteiger partial charge in [0.05, 0.1) is 11.7 Å². The van der Waals surface area contributed by atoms with Gasteiger partial charge >= 0.3 is 0 Å². The summed E-state index contributed by atoms with van der Waals surface area (Å²) in [5.74, 6) is -0.541. The van der Waals surface area contributed by atoms with Gasteiger partial charge in [0.25, 0.3) is 0 Å². The highest BCUT2D eigenvalue weighted by Crippen LogP contribution is 2.42. The Balaban J connectivity index is 1.56. The van der Waals surface area contributed by atoms with Gasteiger partial charge in [-0.05, 0) is 78.9 Å². The number of halogens is 1. The molecule has 1 aliphatic heterocycles. The van der Waals surface area contributed by atoms with Crippen molar-refractivity contribution >= 4 is 34.6 Å². The molecule has 0 bridgehead atoms. The van der Waals surface area contributed by atoms with Crippen molar-refractivity contribution in [3.8, 4) is 5.69 Å². The summed E-state index contributed by atoms with van der Waals surface area (Å²) in [4.78, 5) is 18.5. The number of rotatable bonds is 7. The second-order valence-electron chi connectivity index (χ2n) is 8.31. The van der Waals surface area contributed by atoms with E-state index in [4.69, 9.17) is 17.0 Å². The Morgan fingerprint density at radius 1 is 1.08 bits per heavy atom. The first-order valence-corrected chi connectivity index (χ1v) is 11.8. The van der Waals surface area contributed by atoms with Crippen LogP contribution in [-0.4, -0.2) is 34.3 Å². The fourth-order valence-corrected chi connectivity index (χ4v) is 4.81. The monoisotopic (exact) mass is 501 g/mol. The molecule has 1 fully saturated rings. The molecule has 2 atom stereocenters. The van der Waals surface area contributed by atoms with Crippen molar-refractivity contribution in [2.45, 2.75) is 12.1 Å². The molecule has 0 unspecified atom stereocenters. The maximum atomic E-state index is 14.1. The second-order valence-corrected chi connectivity index (χ2v) is 8.69. The zero-order valence-corrected chi connectivity index (χ0v) is 20.3. The number of nitrogens with zero attached hydrogens (tertiary/aromatic N) is 3. The van der Waals surface area contributed by atoms with Crippen LogP contribution in [0.1, 0.15) is 23.5 Å². The Morgan fingerprint density at radius 3 is 2.64 bits per heavy atom. The van der Waals surface area contributed by atoms with Gasteiger partial charge in [0.15, 0.2) is 5.11 Å². The van der Waals surface area contributed by atoms with Gasteiger partial charge in [0.2, 0.25) is 5.91 Å². The number of amides is 1. The quantitative estimate of drug-likeness (QED) is 0.356. The van der Waals surface area contributed by atoms with Gasteiger partial charge in [-0.15, -0.1) is 0 Å². The Morgan fingerprint density at radius 2 is 1.92 bits per heavy atom. The third kappa shape index (κ3) is 4.71. The van der Waals surface area contributed by atoms with Crippen molar-refractivity contribution in [2.75, 3.05) is 23.9 Å². The van der Waals surface area contributed by atoms with Crippen molar-refractivity contribution in [3.05, 3.63) is 108 Å². The van der Waals surface area contributed by atoms with Crippen LogP contribution in [0.25, 0.3) is 5.69 Å². The molecule has 2 aromatic carbocycles. The number of anilines is 2. The highest BCUT2D eigenvalue weighted by Gasteiger charge is 2.42. The second kappa shape index (κ2) is 10.3. The minimum atomic E-state index is -0.309. The highest BCUT2D eigenvalue weighted by molar-refractivity contribution is 7.80. The average molecular weight is 502 g/mol. The number of ether oxygens (including phenoxy) is 1. The molecule has 9 heteroatoms. The van der Waals surface area contributed by atoms with E-state index in [1.165, 1.54) is 19.2 Å². The molecular formula is C27H24FN5O2S. The number of hydrogen-bond acceptors (Lipinski definition) is 4. The fraction of sp³-hybridized carbons (Fsp3) is 0.148. The minimum Gasteiger partial charge on any atom is -0.375 e. The van der Waals surface area contributed by atoms with Gasteiger partial charge in [0, 0.05) is 42.3 Å². The van der Waals surface area contributed by atoms with E-state index < -0.39 is 0 Å². The molecule has 182 valence electrons. The molecular weight excluding hydrogens is 477 g/mol. The third-order valence-corrected chi connectivity index (χ3v) is 6.29. The van der Waals surface area contributed by atoms with E-state index in [1.807, 2.05) is 76.3 Å². The summed E-state index contributed by atoms with van der Waals surface area (Å²) in [5, 5.41) is 6.77. The predicted molar refractivity (Wildman–Crippen MR) is 141 cm³/mol. The van der Waals surface area contributed by atoms with Crippen LogP contribution in [0.2, 0.25) is 0 Å². The van der Waals surface area contributed by atoms with E-state index in [2.05, 4.69) is 15.6 Å². The van der Waals surface area contributed by atoms with Gasteiger partial charge in [-0.3, -0.25) is 9.78 Å². The van der Waals surface area contributed by atoms with Crippen molar-refractivity contribution in [1.82, 2.24) is 14.9 Å². The van der Waals surface area contributed by atoms with Gasteiger partial charge in [0.1, 0.15) is 18.5 Å². The summed E-state index contributed by atoms with van der Waals surface area (Å²) < 4.78 is 20.9. The molecule has 5 rings (SSSR count). The van der Waals surface area contributed by atoms with Crippen molar-refractivity contribution < 1.29 is 13.9 Å². The molecule has 0 radical (unpaired) electrons.